The Balaban J connectivity index is 1.99. The Hall–Kier alpha value is -3.17. The van der Waals surface area contributed by atoms with Crippen molar-refractivity contribution in [3.8, 4) is 11.5 Å². The molecule has 0 aliphatic rings. The molecular weight excluding hydrogens is 402 g/mol. The third kappa shape index (κ3) is 8.58. The van der Waals surface area contributed by atoms with Crippen LogP contribution in [0.5, 0.6) is 11.5 Å². The van der Waals surface area contributed by atoms with E-state index < -0.39 is 12.7 Å². The molecule has 2 rings (SSSR count). The van der Waals surface area contributed by atoms with Crippen molar-refractivity contribution < 1.29 is 35.8 Å². The molecule has 0 radical (unpaired) electrons. The molecule has 0 bridgehead atoms. The minimum Gasteiger partial charge on any atom is -0.406 e. The topological polar surface area (TPSA) is 42.8 Å². The average Bonchev–Trinajstić information content (AvgIpc) is 2.55. The fraction of sp³-hybridized carbons (Fsp3) is 0.211. The van der Waals surface area contributed by atoms with Crippen LogP contribution in [0.2, 0.25) is 0 Å². The van der Waals surface area contributed by atoms with E-state index in [0.29, 0.717) is 22.8 Å². The Morgan fingerprint density at radius 3 is 1.69 bits per heavy atom. The van der Waals surface area contributed by atoms with Crippen LogP contribution in [0.4, 0.5) is 37.7 Å². The zero-order valence-corrected chi connectivity index (χ0v) is 15.2. The largest absolute Gasteiger partial charge is 0.573 e. The van der Waals surface area contributed by atoms with Crippen molar-refractivity contribution >= 4 is 17.1 Å². The highest BCUT2D eigenvalue weighted by Gasteiger charge is 2.31. The number of hydrogen-bond acceptors (Lipinski definition) is 4. The van der Waals surface area contributed by atoms with Crippen LogP contribution >= 0.6 is 0 Å². The summed E-state index contributed by atoms with van der Waals surface area (Å²) in [5, 5.41) is 2.98. The predicted octanol–water partition coefficient (Wildman–Crippen LogP) is 6.59. The molecule has 2 aromatic carbocycles. The molecule has 0 saturated carbocycles. The van der Waals surface area contributed by atoms with Crippen molar-refractivity contribution in [2.24, 2.45) is 4.99 Å². The van der Waals surface area contributed by atoms with Crippen LogP contribution in [0.3, 0.4) is 0 Å². The smallest absolute Gasteiger partial charge is 0.406 e. The number of aliphatic imine (C=N–C) groups is 1. The van der Waals surface area contributed by atoms with Gasteiger partial charge < -0.3 is 14.8 Å². The van der Waals surface area contributed by atoms with E-state index in [1.807, 2.05) is 0 Å². The second-order valence-corrected chi connectivity index (χ2v) is 5.82. The van der Waals surface area contributed by atoms with Gasteiger partial charge in [0.25, 0.3) is 0 Å². The molecule has 0 heterocycles. The van der Waals surface area contributed by atoms with Crippen molar-refractivity contribution in [2.75, 3.05) is 5.32 Å². The molecular formula is C19H16F6N2O2. The van der Waals surface area contributed by atoms with E-state index in [0.717, 1.165) is 12.1 Å². The maximum Gasteiger partial charge on any atom is 0.573 e. The van der Waals surface area contributed by atoms with Crippen LogP contribution in [-0.2, 0) is 0 Å². The number of ether oxygens (including phenoxy) is 2. The van der Waals surface area contributed by atoms with E-state index in [2.05, 4.69) is 19.8 Å². The van der Waals surface area contributed by atoms with Crippen LogP contribution in [0.1, 0.15) is 13.8 Å². The molecule has 0 atom stereocenters. The first-order chi connectivity index (χ1) is 13.4. The fourth-order valence-corrected chi connectivity index (χ4v) is 2.28. The Morgan fingerprint density at radius 2 is 1.24 bits per heavy atom. The Morgan fingerprint density at radius 1 is 0.793 bits per heavy atom. The summed E-state index contributed by atoms with van der Waals surface area (Å²) < 4.78 is 80.5. The summed E-state index contributed by atoms with van der Waals surface area (Å²) in [4.78, 5) is 4.25. The highest BCUT2D eigenvalue weighted by Crippen LogP contribution is 2.26. The normalized spacial score (nSPS) is 13.2. The molecule has 0 spiro atoms. The maximum absolute atomic E-state index is 12.2. The van der Waals surface area contributed by atoms with Crippen LogP contribution < -0.4 is 14.8 Å². The first kappa shape index (κ1) is 22.1. The van der Waals surface area contributed by atoms with Gasteiger partial charge in [-0.05, 0) is 68.5 Å². The summed E-state index contributed by atoms with van der Waals surface area (Å²) in [6.07, 6.45) is -7.85. The lowest BCUT2D eigenvalue weighted by atomic mass is 10.2. The minimum absolute atomic E-state index is 0.333. The minimum atomic E-state index is -4.76. The van der Waals surface area contributed by atoms with E-state index in [1.54, 1.807) is 19.9 Å². The van der Waals surface area contributed by atoms with Crippen LogP contribution in [0, 0.1) is 0 Å². The second-order valence-electron chi connectivity index (χ2n) is 5.82. The molecule has 10 heteroatoms. The van der Waals surface area contributed by atoms with E-state index in [-0.39, 0.29) is 11.5 Å². The first-order valence-electron chi connectivity index (χ1n) is 8.12. The summed E-state index contributed by atoms with van der Waals surface area (Å²) in [6.45, 7) is 3.41. The van der Waals surface area contributed by atoms with Crippen LogP contribution in [-0.4, -0.2) is 18.4 Å². The summed E-state index contributed by atoms with van der Waals surface area (Å²) in [6, 6.07) is 10.2. The van der Waals surface area contributed by atoms with Gasteiger partial charge in [-0.25, -0.2) is 0 Å². The molecule has 29 heavy (non-hydrogen) atoms. The Bertz CT molecular complexity index is 870. The van der Waals surface area contributed by atoms with E-state index >= 15 is 0 Å². The van der Waals surface area contributed by atoms with Gasteiger partial charge in [-0.1, -0.05) is 0 Å². The highest BCUT2D eigenvalue weighted by molar-refractivity contribution is 5.95. The summed E-state index contributed by atoms with van der Waals surface area (Å²) in [5.74, 6) is -0.680. The number of alkyl halides is 6. The van der Waals surface area contributed by atoms with Crippen LogP contribution in [0.15, 0.2) is 65.3 Å². The van der Waals surface area contributed by atoms with Crippen molar-refractivity contribution in [1.29, 1.82) is 0 Å². The third-order valence-electron chi connectivity index (χ3n) is 3.23. The molecule has 1 N–H and O–H groups in total. The van der Waals surface area contributed by atoms with Crippen molar-refractivity contribution in [1.82, 2.24) is 0 Å². The van der Waals surface area contributed by atoms with Gasteiger partial charge in [0.15, 0.2) is 0 Å². The van der Waals surface area contributed by atoms with Crippen molar-refractivity contribution in [3.05, 3.63) is 60.3 Å². The molecule has 0 aromatic heterocycles. The number of hydrogen-bond donors (Lipinski definition) is 1. The lowest BCUT2D eigenvalue weighted by Gasteiger charge is -2.10. The predicted molar refractivity (Wildman–Crippen MR) is 96.4 cm³/mol. The van der Waals surface area contributed by atoms with E-state index in [9.17, 15) is 26.3 Å². The van der Waals surface area contributed by atoms with Gasteiger partial charge in [0, 0.05) is 17.1 Å². The SMILES string of the molecule is CC(/C=C(\C)Nc1ccc(OC(F)(F)F)cc1)=Nc1ccc(OC(F)(F)F)cc1. The number of nitrogens with one attached hydrogen (secondary N) is 1. The van der Waals surface area contributed by atoms with Gasteiger partial charge in [-0.15, -0.1) is 26.3 Å². The fourth-order valence-electron chi connectivity index (χ4n) is 2.28. The number of halogens is 6. The summed E-state index contributed by atoms with van der Waals surface area (Å²) >= 11 is 0. The van der Waals surface area contributed by atoms with Gasteiger partial charge in [0.1, 0.15) is 11.5 Å². The van der Waals surface area contributed by atoms with Crippen molar-refractivity contribution in [2.45, 2.75) is 26.6 Å². The molecule has 4 nitrogen and oxygen atoms in total. The molecule has 156 valence electrons. The van der Waals surface area contributed by atoms with Gasteiger partial charge in [0.2, 0.25) is 0 Å². The number of allylic oxidation sites excluding steroid dienone is 2. The van der Waals surface area contributed by atoms with Crippen LogP contribution in [0.25, 0.3) is 0 Å². The lowest BCUT2D eigenvalue weighted by Crippen LogP contribution is -2.17. The molecule has 2 aromatic rings. The molecule has 0 amide bonds. The summed E-state index contributed by atoms with van der Waals surface area (Å²) in [7, 11) is 0. The van der Waals surface area contributed by atoms with Gasteiger partial charge >= 0.3 is 12.7 Å². The highest BCUT2D eigenvalue weighted by atomic mass is 19.4. The quantitative estimate of drug-likeness (QED) is 0.425. The second kappa shape index (κ2) is 8.89. The van der Waals surface area contributed by atoms with E-state index in [1.165, 1.54) is 36.4 Å². The zero-order chi connectivity index (χ0) is 21.7. The number of rotatable bonds is 6. The molecule has 0 unspecified atom stereocenters. The molecule has 0 saturated heterocycles. The Kier molecular flexibility index (Phi) is 6.78. The molecule has 0 aliphatic carbocycles. The number of benzene rings is 2. The first-order valence-corrected chi connectivity index (χ1v) is 8.12. The average molecular weight is 418 g/mol. The Labute approximate surface area is 162 Å². The van der Waals surface area contributed by atoms with Crippen molar-refractivity contribution in [3.63, 3.8) is 0 Å². The van der Waals surface area contributed by atoms with Gasteiger partial charge in [-0.2, -0.15) is 0 Å². The molecule has 0 aliphatic heterocycles. The van der Waals surface area contributed by atoms with Gasteiger partial charge in [0.05, 0.1) is 5.69 Å². The van der Waals surface area contributed by atoms with E-state index in [4.69, 9.17) is 0 Å². The summed E-state index contributed by atoms with van der Waals surface area (Å²) in [5.41, 5.74) is 2.16. The third-order valence-corrected chi connectivity index (χ3v) is 3.23. The lowest BCUT2D eigenvalue weighted by molar-refractivity contribution is -0.275. The maximum atomic E-state index is 12.2. The molecule has 0 fully saturated rings. The standard InChI is InChI=1S/C19H16F6N2O2/c1-12(26-14-3-7-16(8-4-14)28-18(20,21)22)11-13(2)27-15-5-9-17(10-6-15)29-19(23,24)25/h3-11,26H,1-2H3/b12-11+,27-13?. The number of nitrogens with zero attached hydrogens (tertiary/aromatic N) is 1. The zero-order valence-electron chi connectivity index (χ0n) is 15.2. The van der Waals surface area contributed by atoms with Gasteiger partial charge in [-0.3, -0.25) is 4.99 Å². The monoisotopic (exact) mass is 418 g/mol. The number of anilines is 1.